The molecular weight excluding hydrogens is 450 g/mol. The number of nitrogens with one attached hydrogen (secondary N) is 1. The molecule has 0 bridgehead atoms. The van der Waals surface area contributed by atoms with Crippen molar-refractivity contribution >= 4 is 32.6 Å². The van der Waals surface area contributed by atoms with Gasteiger partial charge in [0, 0.05) is 25.0 Å². The number of hydrogen-bond donors (Lipinski definition) is 1. The van der Waals surface area contributed by atoms with E-state index in [1.807, 2.05) is 0 Å². The largest absolute Gasteiger partial charge is 0.431 e. The summed E-state index contributed by atoms with van der Waals surface area (Å²) in [6.45, 7) is 3.75. The molecule has 4 nitrogen and oxygen atoms in total. The maximum absolute atomic E-state index is 14.3. The first-order valence-electron chi connectivity index (χ1n) is 8.05. The molecular formula is C17H24BrF4N3OS. The Kier molecular flexibility index (Phi) is 8.01. The molecule has 0 aliphatic carbocycles. The molecule has 0 fully saturated rings. The highest BCUT2D eigenvalue weighted by molar-refractivity contribution is 9.10. The van der Waals surface area contributed by atoms with Crippen molar-refractivity contribution in [1.29, 1.82) is 0 Å². The molecule has 27 heavy (non-hydrogen) atoms. The molecule has 0 spiro atoms. The number of benzene rings is 1. The minimum atomic E-state index is -4.76. The number of hydrazone groups is 1. The molecule has 1 N–H and O–H groups in total. The standard InChI is InChI=1S/C17H24BrF4N3OS/c1-15(2,3)27(26)24-16(11-19,12-7-6-8-13(18)9-12)10-14(17(20,21)22)23-25(4)5/h6-9,24H,10-11H2,1-5H3/b23-14-/t16-,27?/m0/s1. The van der Waals surface area contributed by atoms with E-state index in [0.29, 0.717) is 4.47 Å². The molecule has 0 radical (unpaired) electrons. The molecule has 0 aromatic heterocycles. The van der Waals surface area contributed by atoms with Crippen LogP contribution in [0.5, 0.6) is 0 Å². The van der Waals surface area contributed by atoms with Crippen LogP contribution >= 0.6 is 15.9 Å². The van der Waals surface area contributed by atoms with Crippen LogP contribution < -0.4 is 4.72 Å². The van der Waals surface area contributed by atoms with Crippen LogP contribution in [0, 0.1) is 0 Å². The van der Waals surface area contributed by atoms with Crippen molar-refractivity contribution < 1.29 is 21.8 Å². The molecule has 0 amide bonds. The molecule has 2 atom stereocenters. The van der Waals surface area contributed by atoms with Crippen molar-refractivity contribution in [3.63, 3.8) is 0 Å². The second-order valence-corrected chi connectivity index (χ2v) is 10.2. The third-order valence-electron chi connectivity index (χ3n) is 3.57. The minimum Gasteiger partial charge on any atom is -0.303 e. The van der Waals surface area contributed by atoms with E-state index in [1.54, 1.807) is 32.9 Å². The van der Waals surface area contributed by atoms with Gasteiger partial charge in [0.25, 0.3) is 0 Å². The fourth-order valence-corrected chi connectivity index (χ4v) is 3.49. The normalized spacial score (nSPS) is 16.7. The Morgan fingerprint density at radius 3 is 2.26 bits per heavy atom. The summed E-state index contributed by atoms with van der Waals surface area (Å²) in [5, 5.41) is 4.51. The molecule has 1 unspecified atom stereocenters. The Labute approximate surface area is 168 Å². The molecule has 0 aliphatic heterocycles. The van der Waals surface area contributed by atoms with Crippen molar-refractivity contribution in [2.45, 2.75) is 43.7 Å². The van der Waals surface area contributed by atoms with Crippen molar-refractivity contribution in [3.8, 4) is 0 Å². The highest BCUT2D eigenvalue weighted by atomic mass is 79.9. The minimum absolute atomic E-state index is 0.243. The summed E-state index contributed by atoms with van der Waals surface area (Å²) in [6, 6.07) is 6.27. The van der Waals surface area contributed by atoms with Crippen LogP contribution in [0.15, 0.2) is 33.8 Å². The Bertz CT molecular complexity index is 704. The van der Waals surface area contributed by atoms with Gasteiger partial charge in [0.2, 0.25) is 0 Å². The maximum atomic E-state index is 14.3. The average Bonchev–Trinajstić information content (AvgIpc) is 2.51. The van der Waals surface area contributed by atoms with Crippen LogP contribution in [0.2, 0.25) is 0 Å². The van der Waals surface area contributed by atoms with Crippen LogP contribution in [0.25, 0.3) is 0 Å². The van der Waals surface area contributed by atoms with Gasteiger partial charge in [-0.1, -0.05) is 28.1 Å². The topological polar surface area (TPSA) is 44.7 Å². The Morgan fingerprint density at radius 2 is 1.85 bits per heavy atom. The van der Waals surface area contributed by atoms with E-state index in [4.69, 9.17) is 0 Å². The van der Waals surface area contributed by atoms with Gasteiger partial charge in [0.05, 0.1) is 21.3 Å². The molecule has 10 heteroatoms. The first kappa shape index (κ1) is 24.0. The number of hydrogen-bond acceptors (Lipinski definition) is 3. The number of rotatable bonds is 7. The van der Waals surface area contributed by atoms with E-state index in [1.165, 1.54) is 26.2 Å². The van der Waals surface area contributed by atoms with Crippen molar-refractivity contribution in [1.82, 2.24) is 9.73 Å². The fraction of sp³-hybridized carbons (Fsp3) is 0.588. The van der Waals surface area contributed by atoms with E-state index in [0.717, 1.165) is 5.01 Å². The zero-order chi connectivity index (χ0) is 21.0. The monoisotopic (exact) mass is 473 g/mol. The SMILES string of the molecule is CN(C)/N=C(/C[C@@](CF)(NS(=O)C(C)(C)C)c1cccc(Br)c1)C(F)(F)F. The molecule has 1 rings (SSSR count). The lowest BCUT2D eigenvalue weighted by Gasteiger charge is -2.35. The fourth-order valence-electron chi connectivity index (χ4n) is 2.18. The second-order valence-electron chi connectivity index (χ2n) is 7.28. The van der Waals surface area contributed by atoms with Gasteiger partial charge in [-0.3, -0.25) is 0 Å². The molecule has 0 aliphatic rings. The molecule has 0 saturated carbocycles. The lowest BCUT2D eigenvalue weighted by atomic mass is 9.86. The summed E-state index contributed by atoms with van der Waals surface area (Å²) >= 11 is 3.25. The predicted octanol–water partition coefficient (Wildman–Crippen LogP) is 4.54. The summed E-state index contributed by atoms with van der Waals surface area (Å²) in [7, 11) is 0.889. The quantitative estimate of drug-likeness (QED) is 0.359. The lowest BCUT2D eigenvalue weighted by molar-refractivity contribution is -0.0630. The van der Waals surface area contributed by atoms with Crippen LogP contribution in [-0.4, -0.2) is 46.6 Å². The van der Waals surface area contributed by atoms with Crippen molar-refractivity contribution in [2.24, 2.45) is 5.10 Å². The van der Waals surface area contributed by atoms with Gasteiger partial charge in [-0.25, -0.2) is 13.3 Å². The zero-order valence-corrected chi connectivity index (χ0v) is 18.2. The zero-order valence-electron chi connectivity index (χ0n) is 15.8. The van der Waals surface area contributed by atoms with E-state index < -0.39 is 46.3 Å². The lowest BCUT2D eigenvalue weighted by Crippen LogP contribution is -2.52. The summed E-state index contributed by atoms with van der Waals surface area (Å²) in [4.78, 5) is 0. The van der Waals surface area contributed by atoms with E-state index >= 15 is 0 Å². The van der Waals surface area contributed by atoms with Gasteiger partial charge in [-0.2, -0.15) is 18.3 Å². The van der Waals surface area contributed by atoms with Gasteiger partial charge in [-0.05, 0) is 38.5 Å². The maximum Gasteiger partial charge on any atom is 0.431 e. The third kappa shape index (κ3) is 6.83. The van der Waals surface area contributed by atoms with Gasteiger partial charge in [0.1, 0.15) is 12.4 Å². The van der Waals surface area contributed by atoms with Gasteiger partial charge < -0.3 is 5.01 Å². The molecule has 1 aromatic rings. The first-order chi connectivity index (χ1) is 12.2. The van der Waals surface area contributed by atoms with Crippen LogP contribution in [0.4, 0.5) is 17.6 Å². The number of nitrogens with zero attached hydrogens (tertiary/aromatic N) is 2. The summed E-state index contributed by atoms with van der Waals surface area (Å²) in [5.41, 5.74) is -2.78. The van der Waals surface area contributed by atoms with E-state index in [-0.39, 0.29) is 5.56 Å². The number of alkyl halides is 4. The third-order valence-corrected chi connectivity index (χ3v) is 5.75. The second kappa shape index (κ2) is 9.00. The highest BCUT2D eigenvalue weighted by Gasteiger charge is 2.45. The van der Waals surface area contributed by atoms with Gasteiger partial charge in [-0.15, -0.1) is 0 Å². The van der Waals surface area contributed by atoms with Gasteiger partial charge >= 0.3 is 6.18 Å². The molecule has 0 heterocycles. The van der Waals surface area contributed by atoms with Crippen molar-refractivity contribution in [2.75, 3.05) is 20.8 Å². The van der Waals surface area contributed by atoms with E-state index in [9.17, 15) is 21.8 Å². The first-order valence-corrected chi connectivity index (χ1v) is 9.99. The highest BCUT2D eigenvalue weighted by Crippen LogP contribution is 2.34. The summed E-state index contributed by atoms with van der Waals surface area (Å²) < 4.78 is 69.9. The Hall–Kier alpha value is -1.00. The Balaban J connectivity index is 3.54. The molecule has 154 valence electrons. The molecule has 0 saturated heterocycles. The predicted molar refractivity (Wildman–Crippen MR) is 105 cm³/mol. The number of halogens is 5. The Morgan fingerprint density at radius 1 is 1.26 bits per heavy atom. The summed E-state index contributed by atoms with van der Waals surface area (Å²) in [5.74, 6) is 0. The average molecular weight is 474 g/mol. The van der Waals surface area contributed by atoms with Crippen LogP contribution in [0.3, 0.4) is 0 Å². The smallest absolute Gasteiger partial charge is 0.303 e. The van der Waals surface area contributed by atoms with Crippen LogP contribution in [0.1, 0.15) is 32.8 Å². The van der Waals surface area contributed by atoms with Gasteiger partial charge in [0.15, 0.2) is 0 Å². The van der Waals surface area contributed by atoms with Crippen molar-refractivity contribution in [3.05, 3.63) is 34.3 Å². The summed E-state index contributed by atoms with van der Waals surface area (Å²) in [6.07, 6.45) is -5.58. The molecule has 1 aromatic carbocycles. The van der Waals surface area contributed by atoms with E-state index in [2.05, 4.69) is 25.8 Å². The van der Waals surface area contributed by atoms with Crippen LogP contribution in [-0.2, 0) is 16.5 Å².